The third kappa shape index (κ3) is 6.82. The van der Waals surface area contributed by atoms with Crippen molar-refractivity contribution in [2.45, 2.75) is 13.5 Å². The number of amides is 1. The Bertz CT molecular complexity index is 2030. The van der Waals surface area contributed by atoms with Crippen LogP contribution in [0.3, 0.4) is 0 Å². The molecule has 0 radical (unpaired) electrons. The van der Waals surface area contributed by atoms with Gasteiger partial charge in [-0.3, -0.25) is 14.2 Å². The van der Waals surface area contributed by atoms with Crippen LogP contribution in [0.4, 0.5) is 20.4 Å². The van der Waals surface area contributed by atoms with Crippen LogP contribution in [0.15, 0.2) is 78.1 Å². The zero-order valence-corrected chi connectivity index (χ0v) is 24.0. The molecular formula is C32H26F2N6O5. The standard InChI is InChI=1S/C32H26F2N6O5/c1-18-26(10-7-22(31(43)44)28(18)45-2)38-32-37-14-21-12-19(6-9-27(21)39-32)4-3-11-36-29(41)23-15-35-17-40(30(23)42)16-20-5-8-24(33)25(34)13-20/h3-10,12-15,17H,11,16H2,1-2H3,(H,36,41)(H,43,44)(H,37,38,39). The number of rotatable bonds is 10. The van der Waals surface area contributed by atoms with Gasteiger partial charge in [-0.2, -0.15) is 0 Å². The molecule has 3 N–H and O–H groups in total. The van der Waals surface area contributed by atoms with Crippen LogP contribution in [0.25, 0.3) is 17.0 Å². The molecule has 0 fully saturated rings. The highest BCUT2D eigenvalue weighted by atomic mass is 19.2. The van der Waals surface area contributed by atoms with Gasteiger partial charge in [0.25, 0.3) is 11.5 Å². The zero-order chi connectivity index (χ0) is 32.1. The average Bonchev–Trinajstić information content (AvgIpc) is 3.02. The maximum Gasteiger partial charge on any atom is 0.339 e. The van der Waals surface area contributed by atoms with Crippen LogP contribution in [0.5, 0.6) is 5.75 Å². The van der Waals surface area contributed by atoms with Gasteiger partial charge in [-0.15, -0.1) is 0 Å². The normalized spacial score (nSPS) is 11.1. The molecule has 0 spiro atoms. The molecule has 5 rings (SSSR count). The van der Waals surface area contributed by atoms with Crippen LogP contribution in [0.2, 0.25) is 0 Å². The number of nitrogens with zero attached hydrogens (tertiary/aromatic N) is 4. The first-order chi connectivity index (χ1) is 21.6. The molecule has 0 saturated carbocycles. The number of carboxylic acids is 1. The lowest BCUT2D eigenvalue weighted by atomic mass is 10.1. The molecular weight excluding hydrogens is 586 g/mol. The Hall–Kier alpha value is -5.98. The number of carbonyl (C=O) groups is 2. The summed E-state index contributed by atoms with van der Waals surface area (Å²) in [6, 6.07) is 11.9. The van der Waals surface area contributed by atoms with Crippen LogP contribution < -0.4 is 20.9 Å². The summed E-state index contributed by atoms with van der Waals surface area (Å²) in [5.74, 6) is -3.18. The molecule has 2 aromatic heterocycles. The minimum atomic E-state index is -1.09. The van der Waals surface area contributed by atoms with E-state index in [0.29, 0.717) is 28.3 Å². The highest BCUT2D eigenvalue weighted by Crippen LogP contribution is 2.31. The van der Waals surface area contributed by atoms with E-state index in [1.165, 1.54) is 25.6 Å². The molecule has 0 atom stereocenters. The number of benzene rings is 3. The van der Waals surface area contributed by atoms with E-state index in [-0.39, 0.29) is 30.0 Å². The number of nitrogens with one attached hydrogen (secondary N) is 2. The van der Waals surface area contributed by atoms with Crippen LogP contribution in [0.1, 0.15) is 37.4 Å². The Balaban J connectivity index is 1.22. The van der Waals surface area contributed by atoms with Crippen molar-refractivity contribution in [3.8, 4) is 5.75 Å². The topological polar surface area (TPSA) is 148 Å². The Morgan fingerprint density at radius 1 is 1.04 bits per heavy atom. The van der Waals surface area contributed by atoms with E-state index in [1.54, 1.807) is 31.3 Å². The summed E-state index contributed by atoms with van der Waals surface area (Å²) in [4.78, 5) is 49.7. The van der Waals surface area contributed by atoms with Gasteiger partial charge < -0.3 is 20.5 Å². The monoisotopic (exact) mass is 612 g/mol. The first-order valence-electron chi connectivity index (χ1n) is 13.5. The van der Waals surface area contributed by atoms with Crippen LogP contribution in [-0.2, 0) is 6.54 Å². The summed E-state index contributed by atoms with van der Waals surface area (Å²) < 4.78 is 33.2. The molecule has 3 aromatic carbocycles. The number of aromatic nitrogens is 4. The third-order valence-corrected chi connectivity index (χ3v) is 6.86. The molecule has 228 valence electrons. The molecule has 13 heteroatoms. The number of fused-ring (bicyclic) bond motifs is 1. The van der Waals surface area contributed by atoms with Crippen molar-refractivity contribution in [3.63, 3.8) is 0 Å². The van der Waals surface area contributed by atoms with Gasteiger partial charge in [-0.25, -0.2) is 28.5 Å². The predicted molar refractivity (Wildman–Crippen MR) is 163 cm³/mol. The summed E-state index contributed by atoms with van der Waals surface area (Å²) in [5, 5.41) is 15.9. The van der Waals surface area contributed by atoms with Gasteiger partial charge in [-0.05, 0) is 54.4 Å². The van der Waals surface area contributed by atoms with Gasteiger partial charge in [0, 0.05) is 35.6 Å². The second-order valence-corrected chi connectivity index (χ2v) is 9.86. The second kappa shape index (κ2) is 13.1. The van der Waals surface area contributed by atoms with Crippen molar-refractivity contribution in [1.29, 1.82) is 0 Å². The number of hydrogen-bond donors (Lipinski definition) is 3. The molecule has 0 unspecified atom stereocenters. The van der Waals surface area contributed by atoms with Crippen LogP contribution in [0, 0.1) is 18.6 Å². The van der Waals surface area contributed by atoms with Gasteiger partial charge in [0.15, 0.2) is 11.6 Å². The lowest BCUT2D eigenvalue weighted by molar-refractivity contribution is 0.0693. The number of anilines is 2. The Labute approximate surface area is 254 Å². The molecule has 0 aliphatic rings. The number of hydrogen-bond acceptors (Lipinski definition) is 8. The minimum Gasteiger partial charge on any atom is -0.495 e. The van der Waals surface area contributed by atoms with Crippen molar-refractivity contribution < 1.29 is 28.2 Å². The largest absolute Gasteiger partial charge is 0.495 e. The first kappa shape index (κ1) is 30.5. The molecule has 0 aliphatic carbocycles. The fraction of sp³-hybridized carbons (Fsp3) is 0.125. The zero-order valence-electron chi connectivity index (χ0n) is 24.0. The van der Waals surface area contributed by atoms with E-state index in [2.05, 4.69) is 25.6 Å². The van der Waals surface area contributed by atoms with Crippen molar-refractivity contribution >= 4 is 40.5 Å². The van der Waals surface area contributed by atoms with Gasteiger partial charge in [0.2, 0.25) is 5.95 Å². The maximum atomic E-state index is 13.5. The molecule has 0 aliphatic heterocycles. The first-order valence-corrected chi connectivity index (χ1v) is 13.5. The average molecular weight is 613 g/mol. The van der Waals surface area contributed by atoms with E-state index in [9.17, 15) is 28.3 Å². The van der Waals surface area contributed by atoms with E-state index >= 15 is 0 Å². The number of ether oxygens (including phenoxy) is 1. The van der Waals surface area contributed by atoms with E-state index < -0.39 is 29.1 Å². The predicted octanol–water partition coefficient (Wildman–Crippen LogP) is 4.72. The molecule has 45 heavy (non-hydrogen) atoms. The molecule has 5 aromatic rings. The summed E-state index contributed by atoms with van der Waals surface area (Å²) in [5.41, 5.74) is 2.28. The van der Waals surface area contributed by atoms with Gasteiger partial charge in [0.05, 0.1) is 25.5 Å². The highest BCUT2D eigenvalue weighted by Gasteiger charge is 2.17. The molecule has 0 bridgehead atoms. The fourth-order valence-corrected chi connectivity index (χ4v) is 4.59. The van der Waals surface area contributed by atoms with Crippen molar-refractivity contribution in [2.24, 2.45) is 0 Å². The number of aromatic carboxylic acids is 1. The lowest BCUT2D eigenvalue weighted by Gasteiger charge is -2.14. The molecule has 2 heterocycles. The van der Waals surface area contributed by atoms with Gasteiger partial charge >= 0.3 is 5.97 Å². The minimum absolute atomic E-state index is 0.0535. The molecule has 0 saturated heterocycles. The smallest absolute Gasteiger partial charge is 0.339 e. The number of carbonyl (C=O) groups excluding carboxylic acids is 1. The van der Waals surface area contributed by atoms with Gasteiger partial charge in [0.1, 0.15) is 16.9 Å². The lowest BCUT2D eigenvalue weighted by Crippen LogP contribution is -2.33. The SMILES string of the molecule is COc1c(C(=O)O)ccc(Nc2ncc3cc(C=CCNC(=O)c4cncn(Cc5ccc(F)c(F)c5)c4=O)ccc3n2)c1C. The van der Waals surface area contributed by atoms with Crippen LogP contribution >= 0.6 is 0 Å². The van der Waals surface area contributed by atoms with Crippen LogP contribution in [-0.4, -0.2) is 50.2 Å². The van der Waals surface area contributed by atoms with Crippen molar-refractivity contribution in [2.75, 3.05) is 19.0 Å². The second-order valence-electron chi connectivity index (χ2n) is 9.86. The molecule has 11 nitrogen and oxygen atoms in total. The summed E-state index contributed by atoms with van der Waals surface area (Å²) in [6.45, 7) is 1.78. The summed E-state index contributed by atoms with van der Waals surface area (Å²) >= 11 is 0. The number of halogens is 2. The van der Waals surface area contributed by atoms with E-state index in [4.69, 9.17) is 4.74 Å². The van der Waals surface area contributed by atoms with Crippen molar-refractivity contribution in [1.82, 2.24) is 24.8 Å². The van der Waals surface area contributed by atoms with Crippen molar-refractivity contribution in [3.05, 3.63) is 123 Å². The third-order valence-electron chi connectivity index (χ3n) is 6.86. The quantitative estimate of drug-likeness (QED) is 0.204. The summed E-state index contributed by atoms with van der Waals surface area (Å²) in [6.07, 6.45) is 7.52. The molecule has 1 amide bonds. The number of carboxylic acid groups (broad SMARTS) is 1. The Morgan fingerprint density at radius 3 is 2.62 bits per heavy atom. The Kier molecular flexibility index (Phi) is 8.89. The van der Waals surface area contributed by atoms with E-state index in [1.807, 2.05) is 18.2 Å². The fourth-order valence-electron chi connectivity index (χ4n) is 4.59. The number of methoxy groups -OCH3 is 1. The van der Waals surface area contributed by atoms with E-state index in [0.717, 1.165) is 33.8 Å². The summed E-state index contributed by atoms with van der Waals surface area (Å²) in [7, 11) is 1.41. The maximum absolute atomic E-state index is 13.5. The van der Waals surface area contributed by atoms with Gasteiger partial charge in [-0.1, -0.05) is 24.3 Å². The highest BCUT2D eigenvalue weighted by molar-refractivity contribution is 5.94. The Morgan fingerprint density at radius 2 is 1.87 bits per heavy atom.